The Labute approximate surface area is 145 Å². The Kier molecular flexibility index (Phi) is 4.64. The lowest BCUT2D eigenvalue weighted by atomic mass is 10.1. The lowest BCUT2D eigenvalue weighted by molar-refractivity contribution is 0.192. The van der Waals surface area contributed by atoms with Gasteiger partial charge in [0.15, 0.2) is 0 Å². The number of amides is 2. The zero-order chi connectivity index (χ0) is 16.4. The number of urea groups is 1. The first-order valence-electron chi connectivity index (χ1n) is 7.40. The molecule has 1 aliphatic rings. The van der Waals surface area contributed by atoms with Gasteiger partial charge in [0.05, 0.1) is 10.0 Å². The monoisotopic (exact) mass is 349 g/mol. The fraction of sp³-hybridized carbons (Fsp3) is 0.235. The number of nitrogens with two attached hydrogens (primary N) is 1. The molecule has 1 heterocycles. The van der Waals surface area contributed by atoms with E-state index in [0.717, 1.165) is 24.2 Å². The van der Waals surface area contributed by atoms with Crippen molar-refractivity contribution in [1.29, 1.82) is 0 Å². The molecule has 0 atom stereocenters. The largest absolute Gasteiger partial charge is 0.399 e. The molecule has 2 aromatic carbocycles. The fourth-order valence-corrected chi connectivity index (χ4v) is 3.00. The first kappa shape index (κ1) is 16.0. The molecule has 2 amide bonds. The van der Waals surface area contributed by atoms with Crippen molar-refractivity contribution in [2.24, 2.45) is 0 Å². The van der Waals surface area contributed by atoms with Crippen LogP contribution in [0.25, 0.3) is 0 Å². The Morgan fingerprint density at radius 2 is 1.74 bits per heavy atom. The molecule has 120 valence electrons. The third kappa shape index (κ3) is 3.54. The van der Waals surface area contributed by atoms with Crippen LogP contribution in [-0.4, -0.2) is 24.0 Å². The summed E-state index contributed by atoms with van der Waals surface area (Å²) in [7, 11) is 0. The van der Waals surface area contributed by atoms with Crippen molar-refractivity contribution >= 4 is 40.6 Å². The summed E-state index contributed by atoms with van der Waals surface area (Å²) in [6, 6.07) is 12.8. The SMILES string of the molecule is Nc1ccc(N2CCCN(Cc3ccc(Cl)c(Cl)c3)C2=O)cc1. The van der Waals surface area contributed by atoms with Gasteiger partial charge in [-0.1, -0.05) is 29.3 Å². The summed E-state index contributed by atoms with van der Waals surface area (Å²) in [5.74, 6) is 0. The Morgan fingerprint density at radius 1 is 1.00 bits per heavy atom. The van der Waals surface area contributed by atoms with E-state index in [1.165, 1.54) is 0 Å². The molecule has 3 rings (SSSR count). The number of nitrogens with zero attached hydrogens (tertiary/aromatic N) is 2. The van der Waals surface area contributed by atoms with E-state index in [4.69, 9.17) is 28.9 Å². The van der Waals surface area contributed by atoms with Crippen LogP contribution in [0.5, 0.6) is 0 Å². The molecular formula is C17H17Cl2N3O. The number of nitrogen functional groups attached to an aromatic ring is 1. The van der Waals surface area contributed by atoms with Crippen molar-refractivity contribution in [3.63, 3.8) is 0 Å². The van der Waals surface area contributed by atoms with Crippen LogP contribution in [-0.2, 0) is 6.54 Å². The fourth-order valence-electron chi connectivity index (χ4n) is 2.68. The Bertz CT molecular complexity index is 718. The van der Waals surface area contributed by atoms with Crippen LogP contribution in [0.2, 0.25) is 10.0 Å². The first-order chi connectivity index (χ1) is 11.0. The molecule has 2 aromatic rings. The third-order valence-corrected chi connectivity index (χ3v) is 4.61. The maximum atomic E-state index is 12.7. The van der Waals surface area contributed by atoms with Crippen LogP contribution in [0.1, 0.15) is 12.0 Å². The number of carbonyl (C=O) groups excluding carboxylic acids is 1. The predicted octanol–water partition coefficient (Wildman–Crippen LogP) is 4.41. The van der Waals surface area contributed by atoms with Gasteiger partial charge in [-0.15, -0.1) is 0 Å². The maximum Gasteiger partial charge on any atom is 0.324 e. The van der Waals surface area contributed by atoms with Gasteiger partial charge in [-0.3, -0.25) is 4.90 Å². The number of benzene rings is 2. The van der Waals surface area contributed by atoms with Gasteiger partial charge in [0.1, 0.15) is 0 Å². The summed E-state index contributed by atoms with van der Waals surface area (Å²) in [4.78, 5) is 16.3. The van der Waals surface area contributed by atoms with Crippen LogP contribution in [0.3, 0.4) is 0 Å². The molecule has 23 heavy (non-hydrogen) atoms. The van der Waals surface area contributed by atoms with Crippen LogP contribution in [0.15, 0.2) is 42.5 Å². The summed E-state index contributed by atoms with van der Waals surface area (Å²) in [6.45, 7) is 1.95. The van der Waals surface area contributed by atoms with Gasteiger partial charge in [0.2, 0.25) is 0 Å². The Hall–Kier alpha value is -1.91. The van der Waals surface area contributed by atoms with Crippen LogP contribution < -0.4 is 10.6 Å². The van der Waals surface area contributed by atoms with E-state index in [9.17, 15) is 4.79 Å². The van der Waals surface area contributed by atoms with E-state index >= 15 is 0 Å². The summed E-state index contributed by atoms with van der Waals surface area (Å²) in [5, 5.41) is 1.02. The topological polar surface area (TPSA) is 49.6 Å². The van der Waals surface area contributed by atoms with E-state index in [2.05, 4.69) is 0 Å². The molecule has 1 aliphatic heterocycles. The molecule has 0 aliphatic carbocycles. The minimum Gasteiger partial charge on any atom is -0.399 e. The van der Waals surface area contributed by atoms with Gasteiger partial charge in [-0.2, -0.15) is 0 Å². The van der Waals surface area contributed by atoms with Gasteiger partial charge < -0.3 is 10.6 Å². The van der Waals surface area contributed by atoms with Crippen molar-refractivity contribution in [3.05, 3.63) is 58.1 Å². The molecule has 0 unspecified atom stereocenters. The molecule has 4 nitrogen and oxygen atoms in total. The van der Waals surface area contributed by atoms with Crippen molar-refractivity contribution in [2.45, 2.75) is 13.0 Å². The molecular weight excluding hydrogens is 333 g/mol. The van der Waals surface area contributed by atoms with Crippen LogP contribution >= 0.6 is 23.2 Å². The predicted molar refractivity (Wildman–Crippen MR) is 95.1 cm³/mol. The highest BCUT2D eigenvalue weighted by atomic mass is 35.5. The molecule has 2 N–H and O–H groups in total. The molecule has 0 radical (unpaired) electrons. The zero-order valence-electron chi connectivity index (χ0n) is 12.5. The molecule has 1 saturated heterocycles. The number of carbonyl (C=O) groups is 1. The number of rotatable bonds is 3. The van der Waals surface area contributed by atoms with E-state index in [0.29, 0.717) is 28.8 Å². The van der Waals surface area contributed by atoms with Crippen molar-refractivity contribution in [1.82, 2.24) is 4.90 Å². The highest BCUT2D eigenvalue weighted by molar-refractivity contribution is 6.42. The van der Waals surface area contributed by atoms with E-state index < -0.39 is 0 Å². The summed E-state index contributed by atoms with van der Waals surface area (Å²) < 4.78 is 0. The second kappa shape index (κ2) is 6.69. The number of halogens is 2. The second-order valence-corrected chi connectivity index (χ2v) is 6.36. The quantitative estimate of drug-likeness (QED) is 0.834. The standard InChI is InChI=1S/C17H17Cl2N3O/c18-15-7-2-12(10-16(15)19)11-21-8-1-9-22(17(21)23)14-5-3-13(20)4-6-14/h2-7,10H,1,8-9,11,20H2. The van der Waals surface area contributed by atoms with Crippen molar-refractivity contribution < 1.29 is 4.79 Å². The normalized spacial score (nSPS) is 15.1. The average molecular weight is 350 g/mol. The van der Waals surface area contributed by atoms with Crippen molar-refractivity contribution in [3.8, 4) is 0 Å². The van der Waals surface area contributed by atoms with Gasteiger partial charge in [0, 0.05) is 31.0 Å². The second-order valence-electron chi connectivity index (χ2n) is 5.55. The van der Waals surface area contributed by atoms with Gasteiger partial charge in [-0.05, 0) is 48.4 Å². The maximum absolute atomic E-state index is 12.7. The smallest absolute Gasteiger partial charge is 0.324 e. The minimum atomic E-state index is -0.00732. The molecule has 1 fully saturated rings. The lowest BCUT2D eigenvalue weighted by Gasteiger charge is -2.35. The Morgan fingerprint density at radius 3 is 2.43 bits per heavy atom. The van der Waals surface area contributed by atoms with Gasteiger partial charge >= 0.3 is 6.03 Å². The Balaban J connectivity index is 1.76. The molecule has 0 saturated carbocycles. The van der Waals surface area contributed by atoms with E-state index in [1.807, 2.05) is 23.1 Å². The molecule has 0 aromatic heterocycles. The number of anilines is 2. The summed E-state index contributed by atoms with van der Waals surface area (Å²) >= 11 is 12.0. The summed E-state index contributed by atoms with van der Waals surface area (Å²) in [5.41, 5.74) is 8.22. The van der Waals surface area contributed by atoms with E-state index in [-0.39, 0.29) is 6.03 Å². The number of hydrogen-bond donors (Lipinski definition) is 1. The average Bonchev–Trinajstić information content (AvgIpc) is 2.54. The third-order valence-electron chi connectivity index (χ3n) is 3.87. The van der Waals surface area contributed by atoms with E-state index in [1.54, 1.807) is 29.2 Å². The molecule has 6 heteroatoms. The highest BCUT2D eigenvalue weighted by Crippen LogP contribution is 2.25. The molecule has 0 spiro atoms. The molecule has 0 bridgehead atoms. The van der Waals surface area contributed by atoms with Gasteiger partial charge in [-0.25, -0.2) is 4.79 Å². The van der Waals surface area contributed by atoms with Gasteiger partial charge in [0.25, 0.3) is 0 Å². The van der Waals surface area contributed by atoms with Crippen molar-refractivity contribution in [2.75, 3.05) is 23.7 Å². The van der Waals surface area contributed by atoms with Crippen LogP contribution in [0.4, 0.5) is 16.2 Å². The van der Waals surface area contributed by atoms with Crippen LogP contribution in [0, 0.1) is 0 Å². The highest BCUT2D eigenvalue weighted by Gasteiger charge is 2.26. The lowest BCUT2D eigenvalue weighted by Crippen LogP contribution is -2.49. The summed E-state index contributed by atoms with van der Waals surface area (Å²) in [6.07, 6.45) is 0.914. The first-order valence-corrected chi connectivity index (χ1v) is 8.16. The minimum absolute atomic E-state index is 0.00732. The zero-order valence-corrected chi connectivity index (χ0v) is 14.0. The number of hydrogen-bond acceptors (Lipinski definition) is 2.